The molecule has 0 unspecified atom stereocenters. The number of nitrogens with one attached hydrogen (secondary N) is 1. The number of imidazole rings is 1. The van der Waals surface area contributed by atoms with Crippen molar-refractivity contribution in [2.45, 2.75) is 33.0 Å². The monoisotopic (exact) mass is 308 g/mol. The Labute approximate surface area is 127 Å². The topological polar surface area (TPSA) is 73.0 Å². The summed E-state index contributed by atoms with van der Waals surface area (Å²) in [5, 5.41) is 14.8. The maximum absolute atomic E-state index is 11.1. The fourth-order valence-corrected chi connectivity index (χ4v) is 2.22. The van der Waals surface area contributed by atoms with Gasteiger partial charge in [-0.1, -0.05) is 31.5 Å². The highest BCUT2D eigenvalue weighted by atomic mass is 35.5. The minimum Gasteiger partial charge on any atom is -0.329 e. The lowest BCUT2D eigenvalue weighted by Crippen LogP contribution is -2.24. The van der Waals surface area contributed by atoms with Gasteiger partial charge in [0.1, 0.15) is 5.82 Å². The SMILES string of the molecule is CC(C)NCc1nccn1Cc1c(Cl)cccc1[N+](=O)[O-]. The molecule has 0 saturated heterocycles. The Bertz CT molecular complexity index is 640. The van der Waals surface area contributed by atoms with Crippen molar-refractivity contribution in [1.82, 2.24) is 14.9 Å². The molecule has 0 amide bonds. The molecular formula is C14H17ClN4O2. The Morgan fingerprint density at radius 2 is 2.24 bits per heavy atom. The molecule has 1 aromatic heterocycles. The summed E-state index contributed by atoms with van der Waals surface area (Å²) < 4.78 is 1.86. The van der Waals surface area contributed by atoms with Gasteiger partial charge < -0.3 is 9.88 Å². The van der Waals surface area contributed by atoms with Crippen LogP contribution in [0.2, 0.25) is 5.02 Å². The minimum atomic E-state index is -0.413. The van der Waals surface area contributed by atoms with Gasteiger partial charge in [-0.05, 0) is 6.07 Å². The average Bonchev–Trinajstić information content (AvgIpc) is 2.85. The van der Waals surface area contributed by atoms with Crippen LogP contribution < -0.4 is 5.32 Å². The molecule has 0 aliphatic rings. The number of rotatable bonds is 6. The molecule has 0 radical (unpaired) electrons. The van der Waals surface area contributed by atoms with Gasteiger partial charge in [-0.3, -0.25) is 10.1 Å². The van der Waals surface area contributed by atoms with Crippen LogP contribution in [0.5, 0.6) is 0 Å². The summed E-state index contributed by atoms with van der Waals surface area (Å²) in [6.45, 7) is 5.02. The standard InChI is InChI=1S/C14H17ClN4O2/c1-10(2)17-8-14-16-6-7-18(14)9-11-12(15)4-3-5-13(11)19(20)21/h3-7,10,17H,8-9H2,1-2H3. The van der Waals surface area contributed by atoms with Crippen molar-refractivity contribution in [3.63, 3.8) is 0 Å². The van der Waals surface area contributed by atoms with Crippen molar-refractivity contribution in [3.05, 3.63) is 57.1 Å². The Balaban J connectivity index is 2.27. The fraction of sp³-hybridized carbons (Fsp3) is 0.357. The van der Waals surface area contributed by atoms with E-state index in [-0.39, 0.29) is 5.69 Å². The molecular weight excluding hydrogens is 292 g/mol. The van der Waals surface area contributed by atoms with Gasteiger partial charge in [0, 0.05) is 24.5 Å². The van der Waals surface area contributed by atoms with Gasteiger partial charge in [0.05, 0.1) is 28.6 Å². The molecule has 112 valence electrons. The summed E-state index contributed by atoms with van der Waals surface area (Å²) in [4.78, 5) is 15.0. The van der Waals surface area contributed by atoms with Gasteiger partial charge in [0.15, 0.2) is 0 Å². The third-order valence-electron chi connectivity index (χ3n) is 3.09. The molecule has 1 N–H and O–H groups in total. The fourth-order valence-electron chi connectivity index (χ4n) is 1.99. The van der Waals surface area contributed by atoms with Crippen LogP contribution in [0.3, 0.4) is 0 Å². The largest absolute Gasteiger partial charge is 0.329 e. The summed E-state index contributed by atoms with van der Waals surface area (Å²) in [5.74, 6) is 0.818. The van der Waals surface area contributed by atoms with Crippen molar-refractivity contribution in [1.29, 1.82) is 0 Å². The van der Waals surface area contributed by atoms with E-state index < -0.39 is 4.92 Å². The molecule has 0 fully saturated rings. The molecule has 6 nitrogen and oxygen atoms in total. The average molecular weight is 309 g/mol. The summed E-state index contributed by atoms with van der Waals surface area (Å²) in [6.07, 6.45) is 3.48. The lowest BCUT2D eigenvalue weighted by Gasteiger charge is -2.12. The molecule has 2 rings (SSSR count). The van der Waals surface area contributed by atoms with Gasteiger partial charge in [0.2, 0.25) is 0 Å². The van der Waals surface area contributed by atoms with E-state index in [2.05, 4.69) is 10.3 Å². The van der Waals surface area contributed by atoms with Crippen molar-refractivity contribution >= 4 is 17.3 Å². The van der Waals surface area contributed by atoms with E-state index in [1.165, 1.54) is 6.07 Å². The second-order valence-corrected chi connectivity index (χ2v) is 5.41. The van der Waals surface area contributed by atoms with Crippen molar-refractivity contribution in [2.24, 2.45) is 0 Å². The lowest BCUT2D eigenvalue weighted by atomic mass is 10.1. The first-order valence-corrected chi connectivity index (χ1v) is 7.02. The second kappa shape index (κ2) is 6.69. The van der Waals surface area contributed by atoms with E-state index >= 15 is 0 Å². The normalized spacial score (nSPS) is 11.0. The molecule has 0 spiro atoms. The van der Waals surface area contributed by atoms with Crippen LogP contribution in [0.1, 0.15) is 25.2 Å². The maximum Gasteiger partial charge on any atom is 0.275 e. The molecule has 2 aromatic rings. The van der Waals surface area contributed by atoms with Crippen LogP contribution in [0.15, 0.2) is 30.6 Å². The Morgan fingerprint density at radius 3 is 2.90 bits per heavy atom. The molecule has 7 heteroatoms. The summed E-state index contributed by atoms with van der Waals surface area (Å²) in [6, 6.07) is 5.04. The van der Waals surface area contributed by atoms with Gasteiger partial charge in [-0.2, -0.15) is 0 Å². The molecule has 0 aliphatic heterocycles. The lowest BCUT2D eigenvalue weighted by molar-refractivity contribution is -0.385. The zero-order valence-electron chi connectivity index (χ0n) is 11.9. The number of benzene rings is 1. The van der Waals surface area contributed by atoms with Gasteiger partial charge in [0.25, 0.3) is 5.69 Å². The predicted molar refractivity (Wildman–Crippen MR) is 81.4 cm³/mol. The molecule has 21 heavy (non-hydrogen) atoms. The molecule has 0 atom stereocenters. The predicted octanol–water partition coefficient (Wildman–Crippen LogP) is 2.99. The highest BCUT2D eigenvalue weighted by Gasteiger charge is 2.17. The summed E-state index contributed by atoms with van der Waals surface area (Å²) in [7, 11) is 0. The summed E-state index contributed by atoms with van der Waals surface area (Å²) in [5.41, 5.74) is 0.520. The minimum absolute atomic E-state index is 0.0268. The van der Waals surface area contributed by atoms with E-state index in [0.29, 0.717) is 29.7 Å². The summed E-state index contributed by atoms with van der Waals surface area (Å²) >= 11 is 6.12. The Morgan fingerprint density at radius 1 is 1.48 bits per heavy atom. The quantitative estimate of drug-likeness (QED) is 0.657. The molecule has 1 aromatic carbocycles. The zero-order valence-corrected chi connectivity index (χ0v) is 12.7. The Kier molecular flexibility index (Phi) is 4.93. The van der Waals surface area contributed by atoms with Crippen LogP contribution in [-0.4, -0.2) is 20.5 Å². The van der Waals surface area contributed by atoms with Crippen LogP contribution in [-0.2, 0) is 13.1 Å². The number of hydrogen-bond donors (Lipinski definition) is 1. The van der Waals surface area contributed by atoms with Gasteiger partial charge in [-0.25, -0.2) is 4.98 Å². The Hall–Kier alpha value is -1.92. The van der Waals surface area contributed by atoms with Crippen molar-refractivity contribution in [2.75, 3.05) is 0 Å². The first-order chi connectivity index (χ1) is 9.99. The van der Waals surface area contributed by atoms with Crippen LogP contribution in [0, 0.1) is 10.1 Å². The smallest absolute Gasteiger partial charge is 0.275 e. The van der Waals surface area contributed by atoms with Crippen molar-refractivity contribution < 1.29 is 4.92 Å². The van der Waals surface area contributed by atoms with Crippen LogP contribution >= 0.6 is 11.6 Å². The molecule has 0 aliphatic carbocycles. The highest BCUT2D eigenvalue weighted by Crippen LogP contribution is 2.27. The highest BCUT2D eigenvalue weighted by molar-refractivity contribution is 6.31. The first-order valence-electron chi connectivity index (χ1n) is 6.64. The van der Waals surface area contributed by atoms with Crippen LogP contribution in [0.4, 0.5) is 5.69 Å². The molecule has 1 heterocycles. The molecule has 0 saturated carbocycles. The molecule has 0 bridgehead atoms. The zero-order chi connectivity index (χ0) is 15.4. The van der Waals surface area contributed by atoms with Crippen LogP contribution in [0.25, 0.3) is 0 Å². The van der Waals surface area contributed by atoms with Gasteiger partial charge in [-0.15, -0.1) is 0 Å². The number of hydrogen-bond acceptors (Lipinski definition) is 4. The number of aromatic nitrogens is 2. The maximum atomic E-state index is 11.1. The van der Waals surface area contributed by atoms with E-state index in [4.69, 9.17) is 11.6 Å². The number of halogens is 1. The number of nitro groups is 1. The second-order valence-electron chi connectivity index (χ2n) is 5.00. The van der Waals surface area contributed by atoms with E-state index in [0.717, 1.165) is 5.82 Å². The third kappa shape index (κ3) is 3.80. The van der Waals surface area contributed by atoms with E-state index in [9.17, 15) is 10.1 Å². The third-order valence-corrected chi connectivity index (χ3v) is 3.44. The van der Waals surface area contributed by atoms with E-state index in [1.54, 1.807) is 24.5 Å². The van der Waals surface area contributed by atoms with Gasteiger partial charge >= 0.3 is 0 Å². The first kappa shape index (κ1) is 15.5. The number of nitro benzene ring substituents is 1. The number of nitrogens with zero attached hydrogens (tertiary/aromatic N) is 3. The van der Waals surface area contributed by atoms with Crippen molar-refractivity contribution in [3.8, 4) is 0 Å². The van der Waals surface area contributed by atoms with E-state index in [1.807, 2.05) is 18.4 Å².